The molecule has 8 heteroatoms. The van der Waals surface area contributed by atoms with E-state index in [1.54, 1.807) is 24.3 Å². The van der Waals surface area contributed by atoms with Crippen LogP contribution in [0.15, 0.2) is 42.5 Å². The van der Waals surface area contributed by atoms with E-state index in [2.05, 4.69) is 5.32 Å². The van der Waals surface area contributed by atoms with Gasteiger partial charge in [0, 0.05) is 11.8 Å². The van der Waals surface area contributed by atoms with Crippen molar-refractivity contribution in [2.75, 3.05) is 19.0 Å². The molecule has 2 aromatic carbocycles. The highest BCUT2D eigenvalue weighted by Crippen LogP contribution is 2.19. The lowest BCUT2D eigenvalue weighted by Gasteiger charge is -2.10. The smallest absolute Gasteiger partial charge is 0.335 e. The number of aromatic carboxylic acids is 2. The predicted molar refractivity (Wildman–Crippen MR) is 87.5 cm³/mol. The van der Waals surface area contributed by atoms with Crippen molar-refractivity contribution < 1.29 is 34.1 Å². The molecular weight excluding hydrogens is 330 g/mol. The Balaban J connectivity index is 2.06. The zero-order valence-corrected chi connectivity index (χ0v) is 13.2. The number of hydrogen-bond acceptors (Lipinski definition) is 5. The third-order valence-corrected chi connectivity index (χ3v) is 3.12. The molecule has 0 unspecified atom stereocenters. The summed E-state index contributed by atoms with van der Waals surface area (Å²) in [4.78, 5) is 34.0. The zero-order chi connectivity index (χ0) is 18.4. The van der Waals surface area contributed by atoms with Crippen molar-refractivity contribution in [1.82, 2.24) is 0 Å². The number of methoxy groups -OCH3 is 1. The van der Waals surface area contributed by atoms with Gasteiger partial charge >= 0.3 is 11.9 Å². The molecule has 2 rings (SSSR count). The Kier molecular flexibility index (Phi) is 5.57. The van der Waals surface area contributed by atoms with E-state index in [1.165, 1.54) is 7.11 Å². The van der Waals surface area contributed by atoms with Gasteiger partial charge < -0.3 is 25.0 Å². The summed E-state index contributed by atoms with van der Waals surface area (Å²) in [6.45, 7) is -0.340. The van der Waals surface area contributed by atoms with Crippen LogP contribution in [0.2, 0.25) is 0 Å². The number of carbonyl (C=O) groups is 3. The van der Waals surface area contributed by atoms with Crippen molar-refractivity contribution in [1.29, 1.82) is 0 Å². The van der Waals surface area contributed by atoms with Crippen LogP contribution in [0.25, 0.3) is 0 Å². The van der Waals surface area contributed by atoms with Crippen LogP contribution < -0.4 is 14.8 Å². The highest BCUT2D eigenvalue weighted by atomic mass is 16.5. The lowest BCUT2D eigenvalue weighted by Crippen LogP contribution is -2.20. The number of nitrogens with one attached hydrogen (secondary N) is 1. The minimum Gasteiger partial charge on any atom is -0.497 e. The quantitative estimate of drug-likeness (QED) is 0.702. The second-order valence-electron chi connectivity index (χ2n) is 4.93. The Morgan fingerprint density at radius 2 is 1.56 bits per heavy atom. The van der Waals surface area contributed by atoms with Crippen molar-refractivity contribution in [3.05, 3.63) is 53.6 Å². The monoisotopic (exact) mass is 345 g/mol. The van der Waals surface area contributed by atoms with Gasteiger partial charge in [0.05, 0.1) is 18.2 Å². The van der Waals surface area contributed by atoms with Gasteiger partial charge in [0.15, 0.2) is 6.61 Å². The minimum absolute atomic E-state index is 0.0524. The van der Waals surface area contributed by atoms with Gasteiger partial charge in [-0.15, -0.1) is 0 Å². The molecule has 2 aromatic rings. The number of ether oxygens (including phenoxy) is 2. The molecule has 0 atom stereocenters. The first-order valence-electron chi connectivity index (χ1n) is 7.07. The molecule has 0 aliphatic heterocycles. The van der Waals surface area contributed by atoms with Crippen molar-refractivity contribution in [2.45, 2.75) is 0 Å². The lowest BCUT2D eigenvalue weighted by molar-refractivity contribution is -0.118. The van der Waals surface area contributed by atoms with Gasteiger partial charge in [0.25, 0.3) is 5.91 Å². The van der Waals surface area contributed by atoms with Crippen LogP contribution >= 0.6 is 0 Å². The van der Waals surface area contributed by atoms with E-state index in [0.29, 0.717) is 11.5 Å². The van der Waals surface area contributed by atoms with Gasteiger partial charge in [-0.05, 0) is 30.3 Å². The maximum atomic E-state index is 11.9. The van der Waals surface area contributed by atoms with Gasteiger partial charge in [-0.2, -0.15) is 0 Å². The number of carboxylic acids is 2. The van der Waals surface area contributed by atoms with E-state index < -0.39 is 17.8 Å². The van der Waals surface area contributed by atoms with Gasteiger partial charge in [-0.1, -0.05) is 6.07 Å². The maximum Gasteiger partial charge on any atom is 0.335 e. The first-order chi connectivity index (χ1) is 11.9. The molecule has 0 spiro atoms. The molecule has 0 aliphatic rings. The third-order valence-electron chi connectivity index (χ3n) is 3.12. The summed E-state index contributed by atoms with van der Waals surface area (Å²) >= 11 is 0. The normalized spacial score (nSPS) is 9.96. The Morgan fingerprint density at radius 1 is 0.960 bits per heavy atom. The molecular formula is C17H15NO7. The number of anilines is 1. The molecule has 0 heterocycles. The Labute approximate surface area is 142 Å². The summed E-state index contributed by atoms with van der Waals surface area (Å²) in [5.41, 5.74) is -0.440. The fourth-order valence-electron chi connectivity index (χ4n) is 1.98. The van der Waals surface area contributed by atoms with E-state index in [-0.39, 0.29) is 23.4 Å². The Hall–Kier alpha value is -3.55. The van der Waals surface area contributed by atoms with Crippen molar-refractivity contribution in [3.8, 4) is 11.5 Å². The van der Waals surface area contributed by atoms with Gasteiger partial charge in [0.2, 0.25) is 0 Å². The molecule has 3 N–H and O–H groups in total. The summed E-state index contributed by atoms with van der Waals surface area (Å²) in [5.74, 6) is -2.18. The highest BCUT2D eigenvalue weighted by molar-refractivity contribution is 5.98. The van der Waals surface area contributed by atoms with Gasteiger partial charge in [0.1, 0.15) is 11.5 Å². The van der Waals surface area contributed by atoms with Crippen LogP contribution in [0, 0.1) is 0 Å². The second-order valence-corrected chi connectivity index (χ2v) is 4.93. The van der Waals surface area contributed by atoms with E-state index in [0.717, 1.165) is 18.2 Å². The maximum absolute atomic E-state index is 11.9. The molecule has 130 valence electrons. The highest BCUT2D eigenvalue weighted by Gasteiger charge is 2.13. The number of carbonyl (C=O) groups excluding carboxylic acids is 1. The Morgan fingerprint density at radius 3 is 2.12 bits per heavy atom. The van der Waals surface area contributed by atoms with Crippen molar-refractivity contribution in [2.24, 2.45) is 0 Å². The third kappa shape index (κ3) is 4.96. The summed E-state index contributed by atoms with van der Waals surface area (Å²) in [7, 11) is 1.50. The minimum atomic E-state index is -1.30. The number of amides is 1. The SMILES string of the molecule is COc1cccc(OCC(=O)Nc2cc(C(=O)O)cc(C(=O)O)c2)c1. The van der Waals surface area contributed by atoms with E-state index >= 15 is 0 Å². The van der Waals surface area contributed by atoms with Gasteiger partial charge in [-0.25, -0.2) is 9.59 Å². The topological polar surface area (TPSA) is 122 Å². The standard InChI is InChI=1S/C17H15NO7/c1-24-13-3-2-4-14(8-13)25-9-15(19)18-12-6-10(16(20)21)5-11(7-12)17(22)23/h2-8H,9H2,1H3,(H,18,19)(H,20,21)(H,22,23). The predicted octanol–water partition coefficient (Wildman–Crippen LogP) is 2.11. The molecule has 0 aromatic heterocycles. The molecule has 1 amide bonds. The number of benzene rings is 2. The average molecular weight is 345 g/mol. The first-order valence-corrected chi connectivity index (χ1v) is 7.07. The van der Waals surface area contributed by atoms with Crippen LogP contribution in [0.5, 0.6) is 11.5 Å². The molecule has 0 saturated heterocycles. The first kappa shape index (κ1) is 17.8. The second kappa shape index (κ2) is 7.82. The van der Waals surface area contributed by atoms with Crippen LogP contribution in [0.1, 0.15) is 20.7 Å². The largest absolute Gasteiger partial charge is 0.497 e. The van der Waals surface area contributed by atoms with Gasteiger partial charge in [-0.3, -0.25) is 4.79 Å². The van der Waals surface area contributed by atoms with E-state index in [1.807, 2.05) is 0 Å². The number of hydrogen-bond donors (Lipinski definition) is 3. The molecule has 0 radical (unpaired) electrons. The summed E-state index contributed by atoms with van der Waals surface area (Å²) in [5, 5.41) is 20.4. The molecule has 8 nitrogen and oxygen atoms in total. The number of carboxylic acid groups (broad SMARTS) is 2. The fourth-order valence-corrected chi connectivity index (χ4v) is 1.98. The molecule has 0 bridgehead atoms. The summed E-state index contributed by atoms with van der Waals surface area (Å²) < 4.78 is 10.3. The molecule has 0 aliphatic carbocycles. The Bertz CT molecular complexity index is 784. The average Bonchev–Trinajstić information content (AvgIpc) is 2.59. The van der Waals surface area contributed by atoms with Crippen LogP contribution in [0.4, 0.5) is 5.69 Å². The van der Waals surface area contributed by atoms with Crippen LogP contribution in [-0.2, 0) is 4.79 Å². The number of rotatable bonds is 7. The lowest BCUT2D eigenvalue weighted by atomic mass is 10.1. The summed E-state index contributed by atoms with van der Waals surface area (Å²) in [6.07, 6.45) is 0. The van der Waals surface area contributed by atoms with E-state index in [9.17, 15) is 14.4 Å². The van der Waals surface area contributed by atoms with Crippen LogP contribution in [0.3, 0.4) is 0 Å². The molecule has 0 fully saturated rings. The molecule has 0 saturated carbocycles. The molecule has 25 heavy (non-hydrogen) atoms. The zero-order valence-electron chi connectivity index (χ0n) is 13.2. The fraction of sp³-hybridized carbons (Fsp3) is 0.118. The van der Waals surface area contributed by atoms with Crippen molar-refractivity contribution in [3.63, 3.8) is 0 Å². The van der Waals surface area contributed by atoms with Crippen LogP contribution in [-0.4, -0.2) is 41.8 Å². The summed E-state index contributed by atoms with van der Waals surface area (Å²) in [6, 6.07) is 9.99. The van der Waals surface area contributed by atoms with Crippen molar-refractivity contribution >= 4 is 23.5 Å². The van der Waals surface area contributed by atoms with E-state index in [4.69, 9.17) is 19.7 Å².